The first-order valence-corrected chi connectivity index (χ1v) is 6.75. The highest BCUT2D eigenvalue weighted by atomic mass is 32.2. The van der Waals surface area contributed by atoms with Crippen LogP contribution in [0.3, 0.4) is 0 Å². The maximum absolute atomic E-state index is 11.8. The van der Waals surface area contributed by atoms with Crippen molar-refractivity contribution in [3.8, 4) is 0 Å². The average Bonchev–Trinajstić information content (AvgIpc) is 2.71. The summed E-state index contributed by atoms with van der Waals surface area (Å²) >= 11 is 0. The number of nitrogens with zero attached hydrogens (tertiary/aromatic N) is 2. The van der Waals surface area contributed by atoms with Crippen molar-refractivity contribution in [3.63, 3.8) is 0 Å². The summed E-state index contributed by atoms with van der Waals surface area (Å²) in [5.74, 6) is -0.384. The molecule has 0 aromatic carbocycles. The molecule has 0 radical (unpaired) electrons. The van der Waals surface area contributed by atoms with Crippen LogP contribution in [0.5, 0.6) is 0 Å². The standard InChI is InChI=1S/C10H11N3O4S/c11-18(16,17)8-3-10(15)13(5-8)9-4-12-2-1-7(9)6-14/h1-2,4,6,8H,3,5H2,(H2,11,16,17). The van der Waals surface area contributed by atoms with E-state index in [2.05, 4.69) is 4.98 Å². The summed E-state index contributed by atoms with van der Waals surface area (Å²) in [4.78, 5) is 27.7. The molecule has 96 valence electrons. The molecule has 0 bridgehead atoms. The number of carbonyl (C=O) groups excluding carboxylic acids is 2. The third kappa shape index (κ3) is 2.24. The second-order valence-corrected chi connectivity index (χ2v) is 5.82. The zero-order chi connectivity index (χ0) is 13.3. The first-order chi connectivity index (χ1) is 8.43. The molecular formula is C10H11N3O4S. The van der Waals surface area contributed by atoms with Crippen molar-refractivity contribution < 1.29 is 18.0 Å². The van der Waals surface area contributed by atoms with E-state index in [4.69, 9.17) is 5.14 Å². The number of aromatic nitrogens is 1. The lowest BCUT2D eigenvalue weighted by molar-refractivity contribution is -0.117. The second-order valence-electron chi connectivity index (χ2n) is 3.97. The molecule has 1 unspecified atom stereocenters. The van der Waals surface area contributed by atoms with E-state index in [1.807, 2.05) is 0 Å². The van der Waals surface area contributed by atoms with E-state index in [0.717, 1.165) is 0 Å². The second kappa shape index (κ2) is 4.46. The van der Waals surface area contributed by atoms with Crippen LogP contribution in [0.4, 0.5) is 5.69 Å². The number of anilines is 1. The number of hydrogen-bond donors (Lipinski definition) is 1. The van der Waals surface area contributed by atoms with E-state index in [1.54, 1.807) is 0 Å². The van der Waals surface area contributed by atoms with Gasteiger partial charge in [0.15, 0.2) is 6.29 Å². The SMILES string of the molecule is NS(=O)(=O)C1CC(=O)N(c2cnccc2C=O)C1. The molecule has 2 N–H and O–H groups in total. The minimum absolute atomic E-state index is 0.0514. The summed E-state index contributed by atoms with van der Waals surface area (Å²) in [6.07, 6.45) is 3.19. The summed E-state index contributed by atoms with van der Waals surface area (Å²) in [6.45, 7) is -0.0514. The molecule has 1 aliphatic rings. The van der Waals surface area contributed by atoms with E-state index < -0.39 is 15.3 Å². The van der Waals surface area contributed by atoms with Crippen LogP contribution in [0.2, 0.25) is 0 Å². The fourth-order valence-electron chi connectivity index (χ4n) is 1.85. The zero-order valence-corrected chi connectivity index (χ0v) is 10.1. The van der Waals surface area contributed by atoms with E-state index in [0.29, 0.717) is 12.0 Å². The molecular weight excluding hydrogens is 258 g/mol. The topological polar surface area (TPSA) is 110 Å². The maximum Gasteiger partial charge on any atom is 0.228 e. The van der Waals surface area contributed by atoms with Gasteiger partial charge in [0.1, 0.15) is 5.25 Å². The van der Waals surface area contributed by atoms with Gasteiger partial charge in [-0.25, -0.2) is 13.6 Å². The van der Waals surface area contributed by atoms with Gasteiger partial charge in [-0.1, -0.05) is 0 Å². The van der Waals surface area contributed by atoms with Gasteiger partial charge in [-0.15, -0.1) is 0 Å². The number of amides is 1. The number of hydrogen-bond acceptors (Lipinski definition) is 5. The van der Waals surface area contributed by atoms with E-state index >= 15 is 0 Å². The number of aldehydes is 1. The number of sulfonamides is 1. The lowest BCUT2D eigenvalue weighted by Gasteiger charge is -2.17. The lowest BCUT2D eigenvalue weighted by Crippen LogP contribution is -2.32. The molecule has 8 heteroatoms. The summed E-state index contributed by atoms with van der Waals surface area (Å²) in [5, 5.41) is 4.08. The minimum atomic E-state index is -3.77. The van der Waals surface area contributed by atoms with Gasteiger partial charge in [-0.2, -0.15) is 0 Å². The number of nitrogens with two attached hydrogens (primary N) is 1. The Morgan fingerprint density at radius 2 is 2.22 bits per heavy atom. The van der Waals surface area contributed by atoms with E-state index in [9.17, 15) is 18.0 Å². The number of primary sulfonamides is 1. The highest BCUT2D eigenvalue weighted by molar-refractivity contribution is 7.89. The summed E-state index contributed by atoms with van der Waals surface area (Å²) in [5.41, 5.74) is 0.595. The Balaban J connectivity index is 2.36. The quantitative estimate of drug-likeness (QED) is 0.728. The normalized spacial score (nSPS) is 20.2. The van der Waals surface area contributed by atoms with Gasteiger partial charge in [0.25, 0.3) is 0 Å². The largest absolute Gasteiger partial charge is 0.309 e. The molecule has 1 fully saturated rings. The van der Waals surface area contributed by atoms with Gasteiger partial charge in [-0.05, 0) is 6.07 Å². The third-order valence-corrected chi connectivity index (χ3v) is 4.05. The monoisotopic (exact) mass is 269 g/mol. The fourth-order valence-corrected chi connectivity index (χ4v) is 2.58. The van der Waals surface area contributed by atoms with Crippen LogP contribution in [0, 0.1) is 0 Å². The Bertz CT molecular complexity index is 599. The molecule has 2 heterocycles. The zero-order valence-electron chi connectivity index (χ0n) is 9.31. The Morgan fingerprint density at radius 1 is 1.50 bits per heavy atom. The predicted molar refractivity (Wildman–Crippen MR) is 63.5 cm³/mol. The van der Waals surface area contributed by atoms with Crippen LogP contribution < -0.4 is 10.0 Å². The molecule has 1 aromatic rings. The van der Waals surface area contributed by atoms with Crippen LogP contribution in [-0.4, -0.2) is 37.4 Å². The van der Waals surface area contributed by atoms with Gasteiger partial charge < -0.3 is 4.90 Å². The van der Waals surface area contributed by atoms with Crippen molar-refractivity contribution in [2.75, 3.05) is 11.4 Å². The minimum Gasteiger partial charge on any atom is -0.309 e. The Kier molecular flexibility index (Phi) is 3.14. The predicted octanol–water partition coefficient (Wildman–Crippen LogP) is -0.712. The Hall–Kier alpha value is -1.80. The van der Waals surface area contributed by atoms with Gasteiger partial charge in [0, 0.05) is 24.7 Å². The Labute approximate surface area is 104 Å². The fraction of sp³-hybridized carbons (Fsp3) is 0.300. The van der Waals surface area contributed by atoms with Crippen LogP contribution in [0.25, 0.3) is 0 Å². The van der Waals surface area contributed by atoms with Crippen molar-refractivity contribution >= 4 is 27.9 Å². The van der Waals surface area contributed by atoms with Crippen molar-refractivity contribution in [1.82, 2.24) is 4.98 Å². The van der Waals surface area contributed by atoms with Crippen molar-refractivity contribution in [2.45, 2.75) is 11.7 Å². The molecule has 1 amide bonds. The van der Waals surface area contributed by atoms with E-state index in [-0.39, 0.29) is 24.4 Å². The third-order valence-electron chi connectivity index (χ3n) is 2.80. The Morgan fingerprint density at radius 3 is 2.78 bits per heavy atom. The molecule has 0 saturated carbocycles. The highest BCUT2D eigenvalue weighted by Gasteiger charge is 2.37. The first kappa shape index (κ1) is 12.7. The molecule has 18 heavy (non-hydrogen) atoms. The van der Waals surface area contributed by atoms with Gasteiger partial charge in [0.05, 0.1) is 11.9 Å². The molecule has 0 aliphatic carbocycles. The highest BCUT2D eigenvalue weighted by Crippen LogP contribution is 2.25. The molecule has 1 aromatic heterocycles. The van der Waals surface area contributed by atoms with Crippen LogP contribution in [-0.2, 0) is 14.8 Å². The van der Waals surface area contributed by atoms with Crippen molar-refractivity contribution in [1.29, 1.82) is 0 Å². The first-order valence-electron chi connectivity index (χ1n) is 5.14. The van der Waals surface area contributed by atoms with Gasteiger partial charge >= 0.3 is 0 Å². The summed E-state index contributed by atoms with van der Waals surface area (Å²) < 4.78 is 22.4. The summed E-state index contributed by atoms with van der Waals surface area (Å²) in [6, 6.07) is 1.46. The molecule has 1 saturated heterocycles. The number of carbonyl (C=O) groups is 2. The molecule has 1 atom stereocenters. The van der Waals surface area contributed by atoms with E-state index in [1.165, 1.54) is 23.4 Å². The maximum atomic E-state index is 11.8. The van der Waals surface area contributed by atoms with Crippen molar-refractivity contribution in [2.24, 2.45) is 5.14 Å². The van der Waals surface area contributed by atoms with Crippen molar-refractivity contribution in [3.05, 3.63) is 24.0 Å². The smallest absolute Gasteiger partial charge is 0.228 e. The van der Waals surface area contributed by atoms with Gasteiger partial charge in [0.2, 0.25) is 15.9 Å². The summed E-state index contributed by atoms with van der Waals surface area (Å²) in [7, 11) is -3.77. The number of pyridine rings is 1. The average molecular weight is 269 g/mol. The number of rotatable bonds is 3. The van der Waals surface area contributed by atoms with Crippen LogP contribution in [0.15, 0.2) is 18.5 Å². The molecule has 2 rings (SSSR count). The molecule has 0 spiro atoms. The molecule has 1 aliphatic heterocycles. The van der Waals surface area contributed by atoms with Crippen LogP contribution in [0.1, 0.15) is 16.8 Å². The molecule has 7 nitrogen and oxygen atoms in total. The van der Waals surface area contributed by atoms with Crippen LogP contribution >= 0.6 is 0 Å². The lowest BCUT2D eigenvalue weighted by atomic mass is 10.2. The van der Waals surface area contributed by atoms with Gasteiger partial charge in [-0.3, -0.25) is 14.6 Å².